The van der Waals surface area contributed by atoms with Gasteiger partial charge in [0, 0.05) is 25.4 Å². The van der Waals surface area contributed by atoms with Gasteiger partial charge in [-0.1, -0.05) is 11.6 Å². The molecule has 1 aliphatic rings. The van der Waals surface area contributed by atoms with Gasteiger partial charge in [-0.3, -0.25) is 9.58 Å². The molecule has 0 amide bonds. The molecule has 4 rings (SSSR count). The van der Waals surface area contributed by atoms with E-state index in [0.29, 0.717) is 5.02 Å². The average molecular weight is 304 g/mol. The quantitative estimate of drug-likeness (QED) is 0.782. The lowest BCUT2D eigenvalue weighted by Gasteiger charge is -2.22. The standard InChI is InChI=1S/C13H14ClN7/c1-19-2-3-20-10(7-19)5-12(18-20)17-11-4-9(14)6-21-13(11)15-8-16-21/h4-6,8H,2-3,7H2,1H3,(H,17,18). The zero-order chi connectivity index (χ0) is 14.4. The number of hydrogen-bond donors (Lipinski definition) is 1. The molecule has 4 heterocycles. The van der Waals surface area contributed by atoms with Gasteiger partial charge >= 0.3 is 0 Å². The summed E-state index contributed by atoms with van der Waals surface area (Å²) in [4.78, 5) is 6.51. The maximum Gasteiger partial charge on any atom is 0.178 e. The minimum absolute atomic E-state index is 0.596. The van der Waals surface area contributed by atoms with Gasteiger partial charge in [0.05, 0.1) is 22.9 Å². The molecule has 8 heteroatoms. The second kappa shape index (κ2) is 4.71. The Morgan fingerprint density at radius 2 is 2.19 bits per heavy atom. The maximum absolute atomic E-state index is 6.11. The van der Waals surface area contributed by atoms with Gasteiger partial charge in [-0.25, -0.2) is 9.50 Å². The van der Waals surface area contributed by atoms with E-state index >= 15 is 0 Å². The Hall–Kier alpha value is -2.12. The molecule has 0 bridgehead atoms. The van der Waals surface area contributed by atoms with Gasteiger partial charge in [-0.05, 0) is 13.1 Å². The van der Waals surface area contributed by atoms with Gasteiger partial charge in [-0.15, -0.1) is 0 Å². The highest BCUT2D eigenvalue weighted by Gasteiger charge is 2.16. The van der Waals surface area contributed by atoms with Crippen molar-refractivity contribution in [1.29, 1.82) is 0 Å². The molecule has 0 saturated carbocycles. The highest BCUT2D eigenvalue weighted by molar-refractivity contribution is 6.30. The number of nitrogens with zero attached hydrogens (tertiary/aromatic N) is 6. The van der Waals surface area contributed by atoms with E-state index in [2.05, 4.69) is 38.5 Å². The van der Waals surface area contributed by atoms with E-state index in [1.54, 1.807) is 10.7 Å². The molecule has 0 saturated heterocycles. The smallest absolute Gasteiger partial charge is 0.178 e. The highest BCUT2D eigenvalue weighted by Crippen LogP contribution is 2.24. The minimum atomic E-state index is 0.596. The number of fused-ring (bicyclic) bond motifs is 2. The number of halogens is 1. The van der Waals surface area contributed by atoms with E-state index < -0.39 is 0 Å². The van der Waals surface area contributed by atoms with Gasteiger partial charge in [0.2, 0.25) is 0 Å². The van der Waals surface area contributed by atoms with Crippen LogP contribution in [0.1, 0.15) is 5.69 Å². The molecule has 3 aromatic rings. The van der Waals surface area contributed by atoms with Gasteiger partial charge in [0.1, 0.15) is 6.33 Å². The summed E-state index contributed by atoms with van der Waals surface area (Å²) in [6.07, 6.45) is 3.23. The summed E-state index contributed by atoms with van der Waals surface area (Å²) >= 11 is 6.11. The fraction of sp³-hybridized carbons (Fsp3) is 0.308. The first-order chi connectivity index (χ1) is 10.2. The topological polar surface area (TPSA) is 63.3 Å². The van der Waals surface area contributed by atoms with E-state index in [4.69, 9.17) is 11.6 Å². The van der Waals surface area contributed by atoms with E-state index in [-0.39, 0.29) is 0 Å². The monoisotopic (exact) mass is 303 g/mol. The fourth-order valence-electron chi connectivity index (χ4n) is 2.58. The zero-order valence-corrected chi connectivity index (χ0v) is 12.2. The van der Waals surface area contributed by atoms with Crippen LogP contribution in [0.15, 0.2) is 24.7 Å². The summed E-state index contributed by atoms with van der Waals surface area (Å²) in [5.41, 5.74) is 2.72. The molecule has 1 N–H and O–H groups in total. The van der Waals surface area contributed by atoms with Gasteiger partial charge < -0.3 is 5.32 Å². The Bertz CT molecular complexity index is 806. The van der Waals surface area contributed by atoms with Crippen LogP contribution in [0.2, 0.25) is 5.02 Å². The molecule has 0 unspecified atom stereocenters. The van der Waals surface area contributed by atoms with Crippen molar-refractivity contribution < 1.29 is 0 Å². The lowest BCUT2D eigenvalue weighted by atomic mass is 10.3. The molecular formula is C13H14ClN7. The Morgan fingerprint density at radius 1 is 1.29 bits per heavy atom. The minimum Gasteiger partial charge on any atom is -0.336 e. The van der Waals surface area contributed by atoms with Crippen LogP contribution in [-0.2, 0) is 13.1 Å². The number of rotatable bonds is 2. The first-order valence-electron chi connectivity index (χ1n) is 6.70. The zero-order valence-electron chi connectivity index (χ0n) is 11.5. The highest BCUT2D eigenvalue weighted by atomic mass is 35.5. The maximum atomic E-state index is 6.11. The van der Waals surface area contributed by atoms with Crippen molar-refractivity contribution in [2.75, 3.05) is 18.9 Å². The van der Waals surface area contributed by atoms with Crippen molar-refractivity contribution in [3.8, 4) is 0 Å². The summed E-state index contributed by atoms with van der Waals surface area (Å²) in [6.45, 7) is 2.83. The number of anilines is 2. The third-order valence-electron chi connectivity index (χ3n) is 3.59. The van der Waals surface area contributed by atoms with Crippen LogP contribution < -0.4 is 5.32 Å². The molecule has 21 heavy (non-hydrogen) atoms. The van der Waals surface area contributed by atoms with E-state index in [9.17, 15) is 0 Å². The van der Waals surface area contributed by atoms with Crippen LogP contribution in [-0.4, -0.2) is 42.9 Å². The predicted octanol–water partition coefficient (Wildman–Crippen LogP) is 1.77. The van der Waals surface area contributed by atoms with Crippen LogP contribution in [0.4, 0.5) is 11.5 Å². The molecule has 0 atom stereocenters. The largest absolute Gasteiger partial charge is 0.336 e. The van der Waals surface area contributed by atoms with Crippen LogP contribution in [0.25, 0.3) is 5.65 Å². The number of aromatic nitrogens is 5. The summed E-state index contributed by atoms with van der Waals surface area (Å²) < 4.78 is 3.68. The Kier molecular flexibility index (Phi) is 2.83. The van der Waals surface area contributed by atoms with Crippen molar-refractivity contribution in [3.05, 3.63) is 35.4 Å². The number of nitrogens with one attached hydrogen (secondary N) is 1. The van der Waals surface area contributed by atoms with Crippen LogP contribution >= 0.6 is 11.6 Å². The SMILES string of the molecule is CN1CCn2nc(Nc3cc(Cl)cn4ncnc34)cc2C1. The summed E-state index contributed by atoms with van der Waals surface area (Å²) in [5.74, 6) is 0.799. The number of likely N-dealkylation sites (N-methyl/N-ethyl adjacent to an activating group) is 1. The fourth-order valence-corrected chi connectivity index (χ4v) is 2.78. The normalized spacial score (nSPS) is 15.3. The average Bonchev–Trinajstić information content (AvgIpc) is 3.03. The van der Waals surface area contributed by atoms with Crippen molar-refractivity contribution in [1.82, 2.24) is 29.3 Å². The summed E-state index contributed by atoms with van der Waals surface area (Å²) in [7, 11) is 2.11. The first kappa shape index (κ1) is 12.6. The van der Waals surface area contributed by atoms with Gasteiger partial charge in [0.15, 0.2) is 11.5 Å². The predicted molar refractivity (Wildman–Crippen MR) is 79.8 cm³/mol. The molecule has 1 aliphatic heterocycles. The van der Waals surface area contributed by atoms with Crippen molar-refractivity contribution >= 4 is 28.8 Å². The molecule has 0 aliphatic carbocycles. The third-order valence-corrected chi connectivity index (χ3v) is 3.80. The Balaban J connectivity index is 1.70. The summed E-state index contributed by atoms with van der Waals surface area (Å²) in [6, 6.07) is 3.89. The van der Waals surface area contributed by atoms with Crippen molar-refractivity contribution in [2.24, 2.45) is 0 Å². The summed E-state index contributed by atoms with van der Waals surface area (Å²) in [5, 5.41) is 12.6. The van der Waals surface area contributed by atoms with Crippen LogP contribution in [0.3, 0.4) is 0 Å². The second-order valence-electron chi connectivity index (χ2n) is 5.21. The molecular weight excluding hydrogens is 290 g/mol. The van der Waals surface area contributed by atoms with Gasteiger partial charge in [0.25, 0.3) is 0 Å². The second-order valence-corrected chi connectivity index (χ2v) is 5.64. The van der Waals surface area contributed by atoms with E-state index in [0.717, 1.165) is 36.8 Å². The lowest BCUT2D eigenvalue weighted by Crippen LogP contribution is -2.30. The number of hydrogen-bond acceptors (Lipinski definition) is 5. The van der Waals surface area contributed by atoms with Crippen LogP contribution in [0, 0.1) is 0 Å². The van der Waals surface area contributed by atoms with Crippen molar-refractivity contribution in [2.45, 2.75) is 13.1 Å². The van der Waals surface area contributed by atoms with Crippen LogP contribution in [0.5, 0.6) is 0 Å². The molecule has 0 radical (unpaired) electrons. The molecule has 0 aromatic carbocycles. The first-order valence-corrected chi connectivity index (χ1v) is 7.08. The Morgan fingerprint density at radius 3 is 3.10 bits per heavy atom. The van der Waals surface area contributed by atoms with E-state index in [1.807, 2.05) is 10.7 Å². The van der Waals surface area contributed by atoms with Gasteiger partial charge in [-0.2, -0.15) is 10.2 Å². The Labute approximate surface area is 126 Å². The molecule has 108 valence electrons. The van der Waals surface area contributed by atoms with E-state index in [1.165, 1.54) is 12.0 Å². The lowest BCUT2D eigenvalue weighted by molar-refractivity contribution is 0.259. The van der Waals surface area contributed by atoms with Crippen molar-refractivity contribution in [3.63, 3.8) is 0 Å². The molecule has 3 aromatic heterocycles. The molecule has 0 fully saturated rings. The third kappa shape index (κ3) is 2.24. The number of pyridine rings is 1. The molecule has 7 nitrogen and oxygen atoms in total. The molecule has 0 spiro atoms.